The van der Waals surface area contributed by atoms with Crippen molar-refractivity contribution in [2.75, 3.05) is 13.7 Å². The summed E-state index contributed by atoms with van der Waals surface area (Å²) in [7, 11) is 1.51. The maximum Gasteiger partial charge on any atom is 0.277 e. The lowest BCUT2D eigenvalue weighted by atomic mass is 10.1. The number of nitrogens with zero attached hydrogens (tertiary/aromatic N) is 2. The van der Waals surface area contributed by atoms with Gasteiger partial charge in [-0.25, -0.2) is 5.43 Å². The molecule has 8 nitrogen and oxygen atoms in total. The Bertz CT molecular complexity index is 787. The number of nitro benzene ring substituents is 1. The smallest absolute Gasteiger partial charge is 0.277 e. The Kier molecular flexibility index (Phi) is 6.05. The van der Waals surface area contributed by atoms with Crippen molar-refractivity contribution < 1.29 is 19.2 Å². The van der Waals surface area contributed by atoms with Gasteiger partial charge in [-0.3, -0.25) is 14.9 Å². The third-order valence-corrected chi connectivity index (χ3v) is 3.27. The predicted octanol–water partition coefficient (Wildman–Crippen LogP) is 2.52. The maximum absolute atomic E-state index is 11.8. The number of carbonyl (C=O) groups is 1. The Morgan fingerprint density at radius 1 is 1.16 bits per heavy atom. The van der Waals surface area contributed by atoms with Crippen LogP contribution >= 0.6 is 0 Å². The van der Waals surface area contributed by atoms with Crippen LogP contribution in [0.2, 0.25) is 0 Å². The molecule has 0 fully saturated rings. The van der Waals surface area contributed by atoms with E-state index in [1.54, 1.807) is 43.3 Å². The van der Waals surface area contributed by atoms with E-state index in [-0.39, 0.29) is 12.3 Å². The SMILES string of the molecule is COc1ccccc1OCC(=O)N/N=C(/C)c1ccc([N+](=O)[O-])cc1. The molecule has 1 N–H and O–H groups in total. The molecular weight excluding hydrogens is 326 g/mol. The van der Waals surface area contributed by atoms with Gasteiger partial charge in [0.2, 0.25) is 0 Å². The molecule has 2 rings (SSSR count). The number of hydrazone groups is 1. The fraction of sp³-hybridized carbons (Fsp3) is 0.176. The summed E-state index contributed by atoms with van der Waals surface area (Å²) < 4.78 is 10.5. The molecule has 8 heteroatoms. The molecule has 130 valence electrons. The van der Waals surface area contributed by atoms with E-state index in [4.69, 9.17) is 9.47 Å². The van der Waals surface area contributed by atoms with E-state index in [2.05, 4.69) is 10.5 Å². The van der Waals surface area contributed by atoms with E-state index in [0.717, 1.165) is 0 Å². The topological polar surface area (TPSA) is 103 Å². The number of methoxy groups -OCH3 is 1. The molecule has 0 saturated carbocycles. The first-order chi connectivity index (χ1) is 12.0. The van der Waals surface area contributed by atoms with Gasteiger partial charge < -0.3 is 9.47 Å². The van der Waals surface area contributed by atoms with Crippen molar-refractivity contribution in [3.05, 3.63) is 64.2 Å². The van der Waals surface area contributed by atoms with Crippen molar-refractivity contribution in [1.29, 1.82) is 0 Å². The molecule has 0 aliphatic rings. The molecule has 0 spiro atoms. The number of rotatable bonds is 7. The second kappa shape index (κ2) is 8.44. The number of ether oxygens (including phenoxy) is 2. The van der Waals surface area contributed by atoms with Crippen molar-refractivity contribution in [2.45, 2.75) is 6.92 Å². The zero-order valence-corrected chi connectivity index (χ0v) is 13.8. The summed E-state index contributed by atoms with van der Waals surface area (Å²) in [6, 6.07) is 12.9. The lowest BCUT2D eigenvalue weighted by Gasteiger charge is -2.09. The summed E-state index contributed by atoms with van der Waals surface area (Å²) in [5, 5.41) is 14.6. The summed E-state index contributed by atoms with van der Waals surface area (Å²) in [4.78, 5) is 22.0. The fourth-order valence-corrected chi connectivity index (χ4v) is 1.95. The van der Waals surface area contributed by atoms with E-state index in [1.165, 1.54) is 19.2 Å². The van der Waals surface area contributed by atoms with Crippen LogP contribution in [-0.2, 0) is 4.79 Å². The minimum absolute atomic E-state index is 0.00852. The number of benzene rings is 2. The molecule has 0 unspecified atom stereocenters. The lowest BCUT2D eigenvalue weighted by Crippen LogP contribution is -2.25. The molecule has 0 aromatic heterocycles. The number of hydrogen-bond acceptors (Lipinski definition) is 6. The number of hydrogen-bond donors (Lipinski definition) is 1. The van der Waals surface area contributed by atoms with Gasteiger partial charge in [-0.05, 0) is 36.8 Å². The van der Waals surface area contributed by atoms with Crippen LogP contribution in [0.25, 0.3) is 0 Å². The van der Waals surface area contributed by atoms with E-state index in [9.17, 15) is 14.9 Å². The van der Waals surface area contributed by atoms with Gasteiger partial charge in [-0.15, -0.1) is 0 Å². The number of carbonyl (C=O) groups excluding carboxylic acids is 1. The number of nitrogens with one attached hydrogen (secondary N) is 1. The first-order valence-electron chi connectivity index (χ1n) is 7.35. The van der Waals surface area contributed by atoms with Crippen molar-refractivity contribution in [2.24, 2.45) is 5.10 Å². The van der Waals surface area contributed by atoms with Crippen molar-refractivity contribution in [3.63, 3.8) is 0 Å². The number of nitro groups is 1. The van der Waals surface area contributed by atoms with Gasteiger partial charge in [-0.2, -0.15) is 5.10 Å². The molecule has 0 atom stereocenters. The van der Waals surface area contributed by atoms with Crippen molar-refractivity contribution in [1.82, 2.24) is 5.43 Å². The highest BCUT2D eigenvalue weighted by atomic mass is 16.6. The Morgan fingerprint density at radius 3 is 2.40 bits per heavy atom. The molecule has 0 aliphatic carbocycles. The van der Waals surface area contributed by atoms with E-state index in [1.807, 2.05) is 0 Å². The summed E-state index contributed by atoms with van der Waals surface area (Å²) in [5.41, 5.74) is 3.54. The molecule has 0 saturated heterocycles. The van der Waals surface area contributed by atoms with Crippen molar-refractivity contribution in [3.8, 4) is 11.5 Å². The van der Waals surface area contributed by atoms with Crippen LogP contribution in [0.1, 0.15) is 12.5 Å². The second-order valence-corrected chi connectivity index (χ2v) is 4.98. The number of para-hydroxylation sites is 2. The zero-order chi connectivity index (χ0) is 18.2. The molecular formula is C17H17N3O5. The van der Waals surface area contributed by atoms with Gasteiger partial charge in [0.05, 0.1) is 17.7 Å². The molecule has 0 heterocycles. The Hall–Kier alpha value is -3.42. The minimum atomic E-state index is -0.479. The number of non-ortho nitro benzene ring substituents is 1. The Morgan fingerprint density at radius 2 is 1.80 bits per heavy atom. The van der Waals surface area contributed by atoms with Crippen LogP contribution in [-0.4, -0.2) is 30.3 Å². The average Bonchev–Trinajstić information content (AvgIpc) is 2.64. The molecule has 2 aromatic carbocycles. The highest BCUT2D eigenvalue weighted by Crippen LogP contribution is 2.25. The van der Waals surface area contributed by atoms with E-state index in [0.29, 0.717) is 22.8 Å². The monoisotopic (exact) mass is 343 g/mol. The van der Waals surface area contributed by atoms with Crippen LogP contribution in [0.3, 0.4) is 0 Å². The highest BCUT2D eigenvalue weighted by Gasteiger charge is 2.08. The van der Waals surface area contributed by atoms with Gasteiger partial charge in [0.1, 0.15) is 0 Å². The summed E-state index contributed by atoms with van der Waals surface area (Å²) >= 11 is 0. The summed E-state index contributed by atoms with van der Waals surface area (Å²) in [6.45, 7) is 1.46. The van der Waals surface area contributed by atoms with Gasteiger partial charge in [0.15, 0.2) is 18.1 Å². The third-order valence-electron chi connectivity index (χ3n) is 3.27. The average molecular weight is 343 g/mol. The fourth-order valence-electron chi connectivity index (χ4n) is 1.95. The van der Waals surface area contributed by atoms with Gasteiger partial charge in [0.25, 0.3) is 11.6 Å². The maximum atomic E-state index is 11.8. The predicted molar refractivity (Wildman–Crippen MR) is 91.9 cm³/mol. The van der Waals surface area contributed by atoms with Crippen LogP contribution < -0.4 is 14.9 Å². The first kappa shape index (κ1) is 17.9. The highest BCUT2D eigenvalue weighted by molar-refractivity contribution is 5.99. The third kappa shape index (κ3) is 5.03. The van der Waals surface area contributed by atoms with E-state index < -0.39 is 10.8 Å². The van der Waals surface area contributed by atoms with Gasteiger partial charge in [0, 0.05) is 12.1 Å². The van der Waals surface area contributed by atoms with E-state index >= 15 is 0 Å². The summed E-state index contributed by atoms with van der Waals surface area (Å²) in [6.07, 6.45) is 0. The first-order valence-corrected chi connectivity index (χ1v) is 7.35. The normalized spacial score (nSPS) is 10.9. The van der Waals surface area contributed by atoms with Crippen LogP contribution in [0.15, 0.2) is 53.6 Å². The quantitative estimate of drug-likeness (QED) is 0.473. The Labute approximate surface area is 144 Å². The number of amides is 1. The van der Waals surface area contributed by atoms with Crippen LogP contribution in [0.5, 0.6) is 11.5 Å². The largest absolute Gasteiger partial charge is 0.493 e. The zero-order valence-electron chi connectivity index (χ0n) is 13.8. The molecule has 25 heavy (non-hydrogen) atoms. The minimum Gasteiger partial charge on any atom is -0.493 e. The molecule has 1 amide bonds. The molecule has 0 aliphatic heterocycles. The second-order valence-electron chi connectivity index (χ2n) is 4.98. The lowest BCUT2D eigenvalue weighted by molar-refractivity contribution is -0.384. The van der Waals surface area contributed by atoms with Gasteiger partial charge >= 0.3 is 0 Å². The molecule has 0 radical (unpaired) electrons. The molecule has 2 aromatic rings. The summed E-state index contributed by atoms with van der Waals surface area (Å²) in [5.74, 6) is 0.546. The van der Waals surface area contributed by atoms with Crippen LogP contribution in [0.4, 0.5) is 5.69 Å². The van der Waals surface area contributed by atoms with Crippen molar-refractivity contribution >= 4 is 17.3 Å². The molecule has 0 bridgehead atoms. The van der Waals surface area contributed by atoms with Crippen LogP contribution in [0, 0.1) is 10.1 Å². The van der Waals surface area contributed by atoms with Gasteiger partial charge in [-0.1, -0.05) is 12.1 Å². The Balaban J connectivity index is 1.91. The standard InChI is InChI=1S/C17H17N3O5/c1-12(13-7-9-14(10-8-13)20(22)23)18-19-17(21)11-25-16-6-4-3-5-15(16)24-2/h3-10H,11H2,1-2H3,(H,19,21)/b18-12-.